The molecule has 3 aliphatic rings. The molecule has 2 aromatic heterocycles. The van der Waals surface area contributed by atoms with Crippen molar-refractivity contribution in [3.05, 3.63) is 94.5 Å². The smallest absolute Gasteiger partial charge is 0.273 e. The largest absolute Gasteiger partial charge is 0.493 e. The zero-order valence-corrected chi connectivity index (χ0v) is 39.2. The number of halogens is 1. The number of nitro groups is 1. The van der Waals surface area contributed by atoms with Crippen LogP contribution >= 0.6 is 11.6 Å². The highest BCUT2D eigenvalue weighted by Gasteiger charge is 2.23. The molecule has 21 heteroatoms. The summed E-state index contributed by atoms with van der Waals surface area (Å²) in [4.78, 5) is 26.3. The Morgan fingerprint density at radius 3 is 1.54 bits per heavy atom. The predicted molar refractivity (Wildman–Crippen MR) is 255 cm³/mol. The number of aromatic nitrogens is 4. The van der Waals surface area contributed by atoms with Crippen molar-refractivity contribution in [2.75, 3.05) is 96.8 Å². The number of non-ortho nitro benzene ring substituents is 1. The number of hydrogen-bond donors (Lipinski definition) is 4. The second-order valence-corrected chi connectivity index (χ2v) is 15.1. The Balaban J connectivity index is 0.000000175. The number of ether oxygens (including phenoxy) is 9. The van der Waals surface area contributed by atoms with Crippen molar-refractivity contribution in [1.82, 2.24) is 19.9 Å². The van der Waals surface area contributed by atoms with Gasteiger partial charge in [0.2, 0.25) is 11.2 Å². The Bertz CT molecular complexity index is 2270. The van der Waals surface area contributed by atoms with Gasteiger partial charge in [-0.2, -0.15) is 4.98 Å². The van der Waals surface area contributed by atoms with Crippen LogP contribution < -0.4 is 50.1 Å². The molecular formula is C46H60ClN9O11. The van der Waals surface area contributed by atoms with Gasteiger partial charge in [-0.15, -0.1) is 0 Å². The van der Waals surface area contributed by atoms with Crippen LogP contribution in [0.25, 0.3) is 0 Å². The van der Waals surface area contributed by atoms with E-state index in [0.717, 1.165) is 43.0 Å². The van der Waals surface area contributed by atoms with Gasteiger partial charge in [0.25, 0.3) is 5.69 Å². The standard InChI is InChI=1S/C17H22N4O3.C12H15NO5.C12H17NO3.C5H6ClN3/c1-18-16-7-8-19-17(21-16)20-12-3-6-14(22-2)15(11-12)24-10-9-23-13-4-5-13;1-16-11-5-2-9(13(14)15)8-12(11)18-7-6-17-10-3-4-10;1-14-11-5-2-9(13)8-12(11)16-7-6-15-10-3-4-10;1-7-4-2-3-8-5(6)9-4/h3,6-8,11,13H,4-5,9-10H2,1-2H3,(H2,18,19,20,21);2,5,8,10H,3-4,6-7H2,1H3;2,5,8,10H,3-4,6-7,13H2,1H3;2-3H,1H3,(H,7,8,9). The first-order chi connectivity index (χ1) is 32.6. The number of rotatable bonds is 23. The normalized spacial score (nSPS) is 13.4. The van der Waals surface area contributed by atoms with E-state index in [9.17, 15) is 10.1 Å². The predicted octanol–water partition coefficient (Wildman–Crippen LogP) is 8.00. The van der Waals surface area contributed by atoms with E-state index < -0.39 is 4.92 Å². The van der Waals surface area contributed by atoms with Crippen molar-refractivity contribution in [2.24, 2.45) is 0 Å². The van der Waals surface area contributed by atoms with Crippen LogP contribution in [-0.2, 0) is 14.2 Å². The van der Waals surface area contributed by atoms with E-state index in [4.69, 9.17) is 60.0 Å². The van der Waals surface area contributed by atoms with Crippen LogP contribution in [0.2, 0.25) is 5.28 Å². The molecule has 3 saturated carbocycles. The number of nitrogen functional groups attached to an aromatic ring is 1. The highest BCUT2D eigenvalue weighted by Crippen LogP contribution is 2.33. The fourth-order valence-electron chi connectivity index (χ4n) is 5.53. The van der Waals surface area contributed by atoms with Gasteiger partial charge < -0.3 is 64.3 Å². The van der Waals surface area contributed by atoms with Crippen molar-refractivity contribution >= 4 is 46.2 Å². The fourth-order valence-corrected chi connectivity index (χ4v) is 5.68. The van der Waals surface area contributed by atoms with Gasteiger partial charge in [-0.05, 0) is 92.6 Å². The Morgan fingerprint density at radius 2 is 1.07 bits per heavy atom. The molecule has 0 atom stereocenters. The molecular weight excluding hydrogens is 890 g/mol. The molecule has 3 fully saturated rings. The maximum atomic E-state index is 10.7. The minimum absolute atomic E-state index is 0.0195. The van der Waals surface area contributed by atoms with E-state index in [2.05, 4.69) is 35.9 Å². The Hall–Kier alpha value is -6.61. The molecule has 3 aromatic carbocycles. The number of benzene rings is 3. The summed E-state index contributed by atoms with van der Waals surface area (Å²) in [6.45, 7) is 3.05. The summed E-state index contributed by atoms with van der Waals surface area (Å²) in [5, 5.41) is 19.9. The molecule has 5 N–H and O–H groups in total. The summed E-state index contributed by atoms with van der Waals surface area (Å²) in [6.07, 6.45) is 11.5. The lowest BCUT2D eigenvalue weighted by molar-refractivity contribution is -0.385. The van der Waals surface area contributed by atoms with Crippen LogP contribution in [0.1, 0.15) is 38.5 Å². The second kappa shape index (κ2) is 27.8. The molecule has 0 spiro atoms. The van der Waals surface area contributed by atoms with Crippen molar-refractivity contribution < 1.29 is 47.6 Å². The average Bonchev–Trinajstić information content (AvgIpc) is 4.19. The first kappa shape index (κ1) is 51.4. The quantitative estimate of drug-likeness (QED) is 0.0159. The minimum Gasteiger partial charge on any atom is -0.493 e. The summed E-state index contributed by atoms with van der Waals surface area (Å²) in [7, 11) is 8.32. The van der Waals surface area contributed by atoms with Crippen LogP contribution in [0.3, 0.4) is 0 Å². The van der Waals surface area contributed by atoms with E-state index >= 15 is 0 Å². The number of anilines is 5. The SMILES string of the molecule is CNc1ccnc(Cl)n1.CNc1ccnc(Nc2ccc(OC)c(OCCOC3CC3)c2)n1.COc1ccc(N)cc1OCCOC1CC1.COc1ccc([N+](=O)[O-])cc1OCCOC1CC1. The molecule has 20 nitrogen and oxygen atoms in total. The topological polar surface area (TPSA) is 240 Å². The molecule has 0 radical (unpaired) electrons. The van der Waals surface area contributed by atoms with E-state index in [1.54, 1.807) is 64.0 Å². The highest BCUT2D eigenvalue weighted by molar-refractivity contribution is 6.28. The number of nitrogens with two attached hydrogens (primary N) is 1. The summed E-state index contributed by atoms with van der Waals surface area (Å²) >= 11 is 5.46. The van der Waals surface area contributed by atoms with E-state index in [1.807, 2.05) is 25.2 Å². The molecule has 0 aliphatic heterocycles. The van der Waals surface area contributed by atoms with Gasteiger partial charge in [-0.3, -0.25) is 10.1 Å². The van der Waals surface area contributed by atoms with E-state index in [0.29, 0.717) is 104 Å². The summed E-state index contributed by atoms with van der Waals surface area (Å²) in [6, 6.07) is 18.8. The third-order valence-electron chi connectivity index (χ3n) is 9.42. The maximum Gasteiger partial charge on any atom is 0.273 e. The molecule has 3 aliphatic carbocycles. The molecule has 0 amide bonds. The molecule has 0 saturated heterocycles. The minimum atomic E-state index is -0.465. The zero-order valence-electron chi connectivity index (χ0n) is 38.4. The van der Waals surface area contributed by atoms with Gasteiger partial charge in [0.15, 0.2) is 34.5 Å². The van der Waals surface area contributed by atoms with Crippen LogP contribution in [0, 0.1) is 10.1 Å². The van der Waals surface area contributed by atoms with Crippen molar-refractivity contribution in [1.29, 1.82) is 0 Å². The van der Waals surface area contributed by atoms with Gasteiger partial charge in [0, 0.05) is 56.1 Å². The molecule has 5 aromatic rings. The van der Waals surface area contributed by atoms with Crippen LogP contribution in [-0.4, -0.2) is 118 Å². The molecule has 362 valence electrons. The highest BCUT2D eigenvalue weighted by atomic mass is 35.5. The average molecular weight is 950 g/mol. The summed E-state index contributed by atoms with van der Waals surface area (Å²) < 4.78 is 48.9. The van der Waals surface area contributed by atoms with Crippen LogP contribution in [0.4, 0.5) is 34.6 Å². The van der Waals surface area contributed by atoms with E-state index in [-0.39, 0.29) is 11.0 Å². The van der Waals surface area contributed by atoms with E-state index in [1.165, 1.54) is 38.2 Å². The Kier molecular flexibility index (Phi) is 21.3. The van der Waals surface area contributed by atoms with Crippen molar-refractivity contribution in [3.63, 3.8) is 0 Å². The lowest BCUT2D eigenvalue weighted by Crippen LogP contribution is -2.08. The molecule has 67 heavy (non-hydrogen) atoms. The van der Waals surface area contributed by atoms with Crippen molar-refractivity contribution in [2.45, 2.75) is 56.8 Å². The number of nitrogens with zero attached hydrogens (tertiary/aromatic N) is 5. The summed E-state index contributed by atoms with van der Waals surface area (Å²) in [5.41, 5.74) is 7.15. The first-order valence-corrected chi connectivity index (χ1v) is 22.1. The van der Waals surface area contributed by atoms with Gasteiger partial charge in [0.1, 0.15) is 31.5 Å². The Labute approximate surface area is 395 Å². The molecule has 0 unspecified atom stereocenters. The fraction of sp³-hybridized carbons (Fsp3) is 0.435. The molecule has 0 bridgehead atoms. The zero-order chi connectivity index (χ0) is 47.8. The number of hydrogen-bond acceptors (Lipinski definition) is 19. The van der Waals surface area contributed by atoms with Gasteiger partial charge in [0.05, 0.1) is 70.5 Å². The third kappa shape index (κ3) is 19.4. The Morgan fingerprint density at radius 1 is 0.612 bits per heavy atom. The maximum absolute atomic E-state index is 10.7. The van der Waals surface area contributed by atoms with Gasteiger partial charge in [-0.1, -0.05) is 0 Å². The number of nitro benzene ring substituents is 1. The third-order valence-corrected chi connectivity index (χ3v) is 9.60. The molecule has 8 rings (SSSR count). The van der Waals surface area contributed by atoms with Crippen LogP contribution in [0.5, 0.6) is 34.5 Å². The lowest BCUT2D eigenvalue weighted by Gasteiger charge is -2.13. The van der Waals surface area contributed by atoms with Crippen molar-refractivity contribution in [3.8, 4) is 34.5 Å². The van der Waals surface area contributed by atoms with Crippen LogP contribution in [0.15, 0.2) is 79.1 Å². The molecule has 2 heterocycles. The first-order valence-electron chi connectivity index (χ1n) is 21.7. The number of methoxy groups -OCH3 is 3. The van der Waals surface area contributed by atoms with Gasteiger partial charge >= 0.3 is 0 Å². The van der Waals surface area contributed by atoms with Gasteiger partial charge in [-0.25, -0.2) is 15.0 Å². The summed E-state index contributed by atoms with van der Waals surface area (Å²) in [5.74, 6) is 5.53. The second-order valence-electron chi connectivity index (χ2n) is 14.7. The lowest BCUT2D eigenvalue weighted by atomic mass is 10.2. The monoisotopic (exact) mass is 949 g/mol. The number of nitrogens with one attached hydrogen (secondary N) is 3.